The summed E-state index contributed by atoms with van der Waals surface area (Å²) in [7, 11) is 0. The van der Waals surface area contributed by atoms with Gasteiger partial charge in [0, 0.05) is 5.75 Å². The Morgan fingerprint density at radius 3 is 2.07 bits per heavy atom. The van der Waals surface area contributed by atoms with E-state index in [0.717, 1.165) is 38.5 Å². The van der Waals surface area contributed by atoms with Gasteiger partial charge in [0.25, 0.3) is 0 Å². The quantitative estimate of drug-likeness (QED) is 0.510. The van der Waals surface area contributed by atoms with Crippen LogP contribution in [0.5, 0.6) is 0 Å². The molecule has 2 aromatic rings. The van der Waals surface area contributed by atoms with E-state index < -0.39 is 10.7 Å². The highest BCUT2D eigenvalue weighted by atomic mass is 32.2. The molecule has 2 nitrogen and oxygen atoms in total. The van der Waals surface area contributed by atoms with Crippen molar-refractivity contribution in [3.63, 3.8) is 0 Å². The lowest BCUT2D eigenvalue weighted by Gasteiger charge is -2.38. The number of hydrogen-bond donors (Lipinski definition) is 1. The first kappa shape index (κ1) is 21.0. The summed E-state index contributed by atoms with van der Waals surface area (Å²) in [6.45, 7) is 0. The predicted octanol–water partition coefficient (Wildman–Crippen LogP) is 6.83. The van der Waals surface area contributed by atoms with Crippen LogP contribution in [0, 0.1) is 11.8 Å². The van der Waals surface area contributed by atoms with Crippen LogP contribution in [0.25, 0.3) is 0 Å². The Labute approximate surface area is 184 Å². The van der Waals surface area contributed by atoms with Crippen LogP contribution >= 0.6 is 11.8 Å². The third-order valence-corrected chi connectivity index (χ3v) is 8.19. The summed E-state index contributed by atoms with van der Waals surface area (Å²) in [6.07, 6.45) is 13.4. The van der Waals surface area contributed by atoms with E-state index >= 15 is 0 Å². The Morgan fingerprint density at radius 2 is 1.57 bits per heavy atom. The summed E-state index contributed by atoms with van der Waals surface area (Å²) in [6, 6.07) is 21.2. The first-order chi connectivity index (χ1) is 14.7. The highest BCUT2D eigenvalue weighted by Crippen LogP contribution is 2.51. The second-order valence-corrected chi connectivity index (χ2v) is 9.59. The van der Waals surface area contributed by atoms with Crippen molar-refractivity contribution in [2.24, 2.45) is 11.8 Å². The molecule has 1 N–H and O–H groups in total. The van der Waals surface area contributed by atoms with Crippen molar-refractivity contribution in [3.8, 4) is 0 Å². The molecule has 0 amide bonds. The molecular weight excluding hydrogens is 388 g/mol. The molecule has 0 saturated heterocycles. The minimum absolute atomic E-state index is 0.294. The van der Waals surface area contributed by atoms with Gasteiger partial charge in [-0.15, -0.1) is 11.8 Å². The molecule has 0 spiro atoms. The van der Waals surface area contributed by atoms with Gasteiger partial charge in [-0.05, 0) is 48.3 Å². The minimum atomic E-state index is -0.641. The van der Waals surface area contributed by atoms with Crippen molar-refractivity contribution in [2.45, 2.75) is 43.3 Å². The standard InChI is InChI=1S/C27H30O2S/c28-26(29)25(21-12-10-11-13-21)20-30-27(22-14-4-1-5-15-22,23-16-6-2-7-17-23)24-18-8-3-9-19-24/h1-2,4-8,14-19,21,25H,3,9-13,20H2,(H,28,29)/t25-/m0/s1. The van der Waals surface area contributed by atoms with E-state index in [1.165, 1.54) is 16.7 Å². The SMILES string of the molecule is O=C(O)[C@@H](CSC(C1=CCCC=C1)(c1ccccc1)c1ccccc1)C1CCCC1. The Hall–Kier alpha value is -2.26. The fraction of sp³-hybridized carbons (Fsp3) is 0.370. The van der Waals surface area contributed by atoms with E-state index in [-0.39, 0.29) is 5.92 Å². The average Bonchev–Trinajstić information content (AvgIpc) is 3.33. The molecule has 0 radical (unpaired) electrons. The van der Waals surface area contributed by atoms with E-state index in [9.17, 15) is 9.90 Å². The monoisotopic (exact) mass is 418 g/mol. The van der Waals surface area contributed by atoms with Gasteiger partial charge in [0.15, 0.2) is 0 Å². The van der Waals surface area contributed by atoms with E-state index in [1.54, 1.807) is 11.8 Å². The molecule has 3 heteroatoms. The Bertz CT molecular complexity index is 855. The van der Waals surface area contributed by atoms with Gasteiger partial charge in [0.1, 0.15) is 0 Å². The number of carboxylic acid groups (broad SMARTS) is 1. The second-order valence-electron chi connectivity index (χ2n) is 8.35. The molecule has 1 fully saturated rings. The van der Waals surface area contributed by atoms with Crippen molar-refractivity contribution >= 4 is 17.7 Å². The average molecular weight is 419 g/mol. The van der Waals surface area contributed by atoms with Crippen LogP contribution in [-0.4, -0.2) is 16.8 Å². The maximum atomic E-state index is 12.2. The third kappa shape index (κ3) is 4.27. The van der Waals surface area contributed by atoms with Crippen molar-refractivity contribution in [3.05, 3.63) is 95.6 Å². The molecule has 4 rings (SSSR count). The zero-order valence-electron chi connectivity index (χ0n) is 17.4. The smallest absolute Gasteiger partial charge is 0.307 e. The molecule has 30 heavy (non-hydrogen) atoms. The molecule has 0 aliphatic heterocycles. The number of hydrogen-bond acceptors (Lipinski definition) is 2. The van der Waals surface area contributed by atoms with E-state index in [2.05, 4.69) is 66.8 Å². The van der Waals surface area contributed by atoms with E-state index in [0.29, 0.717) is 11.7 Å². The van der Waals surface area contributed by atoms with Gasteiger partial charge in [0.2, 0.25) is 0 Å². The number of carboxylic acids is 1. The molecule has 156 valence electrons. The van der Waals surface area contributed by atoms with Gasteiger partial charge in [0.05, 0.1) is 10.7 Å². The molecule has 0 bridgehead atoms. The van der Waals surface area contributed by atoms with Gasteiger partial charge in [-0.3, -0.25) is 4.79 Å². The first-order valence-electron chi connectivity index (χ1n) is 11.1. The van der Waals surface area contributed by atoms with Crippen LogP contribution < -0.4 is 0 Å². The molecule has 2 aliphatic rings. The maximum absolute atomic E-state index is 12.2. The number of aliphatic carboxylic acids is 1. The lowest BCUT2D eigenvalue weighted by molar-refractivity contribution is -0.142. The largest absolute Gasteiger partial charge is 0.481 e. The Balaban J connectivity index is 1.79. The number of thioether (sulfide) groups is 1. The summed E-state index contributed by atoms with van der Waals surface area (Å²) in [5.74, 6) is -0.0141. The minimum Gasteiger partial charge on any atom is -0.481 e. The highest BCUT2D eigenvalue weighted by molar-refractivity contribution is 8.00. The second kappa shape index (κ2) is 9.70. The zero-order chi connectivity index (χ0) is 20.8. The summed E-state index contributed by atoms with van der Waals surface area (Å²) in [5, 5.41) is 10.0. The maximum Gasteiger partial charge on any atom is 0.307 e. The zero-order valence-corrected chi connectivity index (χ0v) is 18.2. The molecule has 1 atom stereocenters. The van der Waals surface area contributed by atoms with Crippen LogP contribution in [0.2, 0.25) is 0 Å². The third-order valence-electron chi connectivity index (χ3n) is 6.53. The van der Waals surface area contributed by atoms with Crippen molar-refractivity contribution in [1.82, 2.24) is 0 Å². The molecule has 0 aromatic heterocycles. The van der Waals surface area contributed by atoms with Gasteiger partial charge in [-0.25, -0.2) is 0 Å². The number of rotatable bonds is 8. The molecule has 1 saturated carbocycles. The number of allylic oxidation sites excluding steroid dienone is 3. The summed E-state index contributed by atoms with van der Waals surface area (Å²) >= 11 is 1.80. The molecule has 0 heterocycles. The summed E-state index contributed by atoms with van der Waals surface area (Å²) in [4.78, 5) is 12.2. The summed E-state index contributed by atoms with van der Waals surface area (Å²) in [5.41, 5.74) is 3.70. The van der Waals surface area contributed by atoms with Gasteiger partial charge >= 0.3 is 5.97 Å². The molecule has 2 aliphatic carbocycles. The topological polar surface area (TPSA) is 37.3 Å². The fourth-order valence-corrected chi connectivity index (χ4v) is 6.72. The predicted molar refractivity (Wildman–Crippen MR) is 126 cm³/mol. The lowest BCUT2D eigenvalue weighted by Crippen LogP contribution is -2.31. The molecular formula is C27H30O2S. The first-order valence-corrected chi connectivity index (χ1v) is 12.1. The van der Waals surface area contributed by atoms with E-state index in [4.69, 9.17) is 0 Å². The lowest BCUT2D eigenvalue weighted by atomic mass is 9.81. The van der Waals surface area contributed by atoms with Gasteiger partial charge in [-0.2, -0.15) is 0 Å². The summed E-state index contributed by atoms with van der Waals surface area (Å²) < 4.78 is -0.397. The Morgan fingerprint density at radius 1 is 0.967 bits per heavy atom. The van der Waals surface area contributed by atoms with Crippen molar-refractivity contribution in [2.75, 3.05) is 5.75 Å². The number of carbonyl (C=O) groups is 1. The Kier molecular flexibility index (Phi) is 6.79. The van der Waals surface area contributed by atoms with Gasteiger partial charge < -0.3 is 5.11 Å². The van der Waals surface area contributed by atoms with Gasteiger partial charge in [-0.1, -0.05) is 91.7 Å². The normalized spacial score (nSPS) is 18.2. The van der Waals surface area contributed by atoms with Crippen LogP contribution in [0.15, 0.2) is 84.5 Å². The molecule has 2 aromatic carbocycles. The van der Waals surface area contributed by atoms with Crippen molar-refractivity contribution < 1.29 is 9.90 Å². The van der Waals surface area contributed by atoms with E-state index in [1.807, 2.05) is 12.1 Å². The van der Waals surface area contributed by atoms with Crippen LogP contribution in [0.1, 0.15) is 49.7 Å². The highest BCUT2D eigenvalue weighted by Gasteiger charge is 2.40. The molecule has 0 unspecified atom stereocenters. The fourth-order valence-electron chi connectivity index (χ4n) is 4.95. The van der Waals surface area contributed by atoms with Crippen LogP contribution in [0.4, 0.5) is 0 Å². The number of benzene rings is 2. The van der Waals surface area contributed by atoms with Crippen LogP contribution in [-0.2, 0) is 9.54 Å². The van der Waals surface area contributed by atoms with Crippen LogP contribution in [0.3, 0.4) is 0 Å². The van der Waals surface area contributed by atoms with Crippen molar-refractivity contribution in [1.29, 1.82) is 0 Å².